The number of anilines is 2. The molecular formula is C15H27N5. The van der Waals surface area contributed by atoms with Gasteiger partial charge in [0.2, 0.25) is 0 Å². The topological polar surface area (TPSA) is 53.1 Å². The predicted molar refractivity (Wildman–Crippen MR) is 84.2 cm³/mol. The van der Waals surface area contributed by atoms with Crippen LogP contribution in [0.3, 0.4) is 0 Å². The van der Waals surface area contributed by atoms with Gasteiger partial charge in [-0.3, -0.25) is 0 Å². The van der Waals surface area contributed by atoms with E-state index in [1.807, 2.05) is 6.07 Å². The van der Waals surface area contributed by atoms with Gasteiger partial charge in [-0.2, -0.15) is 0 Å². The lowest BCUT2D eigenvalue weighted by molar-refractivity contribution is 0.223. The van der Waals surface area contributed by atoms with Crippen LogP contribution in [0.1, 0.15) is 39.5 Å². The standard InChI is InChI=1S/C15H27N5/c1-3-7-16-14-10-15(18-12-17-14)19-13(2)11-20-8-5-4-6-9-20/h10,12-13H,3-9,11H2,1-2H3,(H2,16,17,18,19). The molecule has 0 amide bonds. The first-order valence-electron chi connectivity index (χ1n) is 7.82. The number of hydrogen-bond acceptors (Lipinski definition) is 5. The van der Waals surface area contributed by atoms with E-state index < -0.39 is 0 Å². The van der Waals surface area contributed by atoms with Crippen LogP contribution in [0.5, 0.6) is 0 Å². The highest BCUT2D eigenvalue weighted by Crippen LogP contribution is 2.12. The van der Waals surface area contributed by atoms with Crippen molar-refractivity contribution in [3.05, 3.63) is 12.4 Å². The maximum atomic E-state index is 4.30. The van der Waals surface area contributed by atoms with Crippen molar-refractivity contribution in [2.24, 2.45) is 0 Å². The molecule has 1 aliphatic rings. The molecule has 1 fully saturated rings. The summed E-state index contributed by atoms with van der Waals surface area (Å²) in [4.78, 5) is 11.1. The number of nitrogens with zero attached hydrogens (tertiary/aromatic N) is 3. The van der Waals surface area contributed by atoms with Crippen molar-refractivity contribution in [3.8, 4) is 0 Å². The van der Waals surface area contributed by atoms with Crippen molar-refractivity contribution < 1.29 is 0 Å². The molecule has 112 valence electrons. The van der Waals surface area contributed by atoms with Crippen LogP contribution in [0.15, 0.2) is 12.4 Å². The Balaban J connectivity index is 1.81. The van der Waals surface area contributed by atoms with Gasteiger partial charge in [0.1, 0.15) is 18.0 Å². The van der Waals surface area contributed by atoms with E-state index in [2.05, 4.69) is 39.3 Å². The van der Waals surface area contributed by atoms with Gasteiger partial charge in [-0.15, -0.1) is 0 Å². The van der Waals surface area contributed by atoms with Crippen molar-refractivity contribution >= 4 is 11.6 Å². The Bertz CT molecular complexity index is 390. The van der Waals surface area contributed by atoms with Crippen LogP contribution in [-0.4, -0.2) is 47.1 Å². The highest BCUT2D eigenvalue weighted by molar-refractivity contribution is 5.46. The minimum atomic E-state index is 0.405. The molecule has 1 aliphatic heterocycles. The van der Waals surface area contributed by atoms with Crippen molar-refractivity contribution in [2.45, 2.75) is 45.6 Å². The molecule has 20 heavy (non-hydrogen) atoms. The Labute approximate surface area is 122 Å². The fraction of sp³-hybridized carbons (Fsp3) is 0.733. The maximum absolute atomic E-state index is 4.30. The van der Waals surface area contributed by atoms with Crippen LogP contribution < -0.4 is 10.6 Å². The third-order valence-corrected chi connectivity index (χ3v) is 3.60. The predicted octanol–water partition coefficient (Wildman–Crippen LogP) is 2.58. The molecule has 2 heterocycles. The Kier molecular flexibility index (Phi) is 6.05. The molecule has 1 atom stereocenters. The number of piperidine rings is 1. The lowest BCUT2D eigenvalue weighted by Crippen LogP contribution is -2.38. The van der Waals surface area contributed by atoms with Crippen molar-refractivity contribution in [2.75, 3.05) is 36.8 Å². The average Bonchev–Trinajstić information content (AvgIpc) is 2.46. The lowest BCUT2D eigenvalue weighted by Gasteiger charge is -2.29. The van der Waals surface area contributed by atoms with E-state index in [1.54, 1.807) is 6.33 Å². The number of nitrogens with one attached hydrogen (secondary N) is 2. The Morgan fingerprint density at radius 2 is 1.95 bits per heavy atom. The smallest absolute Gasteiger partial charge is 0.131 e. The number of hydrogen-bond donors (Lipinski definition) is 2. The van der Waals surface area contributed by atoms with Gasteiger partial charge in [-0.25, -0.2) is 9.97 Å². The molecule has 5 heteroatoms. The maximum Gasteiger partial charge on any atom is 0.131 e. The molecule has 2 rings (SSSR count). The third kappa shape index (κ3) is 4.96. The van der Waals surface area contributed by atoms with Crippen LogP contribution in [-0.2, 0) is 0 Å². The monoisotopic (exact) mass is 277 g/mol. The molecule has 0 spiro atoms. The summed E-state index contributed by atoms with van der Waals surface area (Å²) in [6.45, 7) is 8.86. The van der Waals surface area contributed by atoms with Gasteiger partial charge in [0, 0.05) is 25.2 Å². The lowest BCUT2D eigenvalue weighted by atomic mass is 10.1. The normalized spacial score (nSPS) is 17.7. The van der Waals surface area contributed by atoms with E-state index in [9.17, 15) is 0 Å². The minimum Gasteiger partial charge on any atom is -0.370 e. The highest BCUT2D eigenvalue weighted by Gasteiger charge is 2.13. The molecule has 2 N–H and O–H groups in total. The molecule has 0 bridgehead atoms. The zero-order valence-electron chi connectivity index (χ0n) is 12.7. The van der Waals surface area contributed by atoms with Crippen LogP contribution in [0, 0.1) is 0 Å². The van der Waals surface area contributed by atoms with Crippen LogP contribution in [0.25, 0.3) is 0 Å². The van der Waals surface area contributed by atoms with Gasteiger partial charge in [0.15, 0.2) is 0 Å². The highest BCUT2D eigenvalue weighted by atomic mass is 15.2. The summed E-state index contributed by atoms with van der Waals surface area (Å²) in [5.41, 5.74) is 0. The summed E-state index contributed by atoms with van der Waals surface area (Å²) in [5, 5.41) is 6.76. The van der Waals surface area contributed by atoms with E-state index in [-0.39, 0.29) is 0 Å². The molecule has 1 aromatic rings. The fourth-order valence-electron chi connectivity index (χ4n) is 2.61. The van der Waals surface area contributed by atoms with E-state index in [1.165, 1.54) is 32.4 Å². The molecule has 0 saturated carbocycles. The Morgan fingerprint density at radius 1 is 1.20 bits per heavy atom. The first-order chi connectivity index (χ1) is 9.78. The molecular weight excluding hydrogens is 250 g/mol. The number of aromatic nitrogens is 2. The second-order valence-corrected chi connectivity index (χ2v) is 5.62. The Hall–Kier alpha value is -1.36. The SMILES string of the molecule is CCCNc1cc(NC(C)CN2CCCCC2)ncn1. The molecule has 1 saturated heterocycles. The van der Waals surface area contributed by atoms with Crippen molar-refractivity contribution in [3.63, 3.8) is 0 Å². The zero-order chi connectivity index (χ0) is 14.2. The first-order valence-corrected chi connectivity index (χ1v) is 7.82. The zero-order valence-corrected chi connectivity index (χ0v) is 12.7. The number of likely N-dealkylation sites (tertiary alicyclic amines) is 1. The van der Waals surface area contributed by atoms with Crippen LogP contribution in [0.2, 0.25) is 0 Å². The van der Waals surface area contributed by atoms with Gasteiger partial charge in [-0.05, 0) is 39.3 Å². The van der Waals surface area contributed by atoms with Crippen molar-refractivity contribution in [1.82, 2.24) is 14.9 Å². The van der Waals surface area contributed by atoms with E-state index >= 15 is 0 Å². The second kappa shape index (κ2) is 8.04. The molecule has 1 aromatic heterocycles. The summed E-state index contributed by atoms with van der Waals surface area (Å²) in [6.07, 6.45) is 6.78. The van der Waals surface area contributed by atoms with E-state index in [4.69, 9.17) is 0 Å². The average molecular weight is 277 g/mol. The first kappa shape index (κ1) is 15.0. The van der Waals surface area contributed by atoms with Crippen molar-refractivity contribution in [1.29, 1.82) is 0 Å². The largest absolute Gasteiger partial charge is 0.370 e. The third-order valence-electron chi connectivity index (χ3n) is 3.60. The molecule has 0 radical (unpaired) electrons. The van der Waals surface area contributed by atoms with E-state index in [0.29, 0.717) is 6.04 Å². The van der Waals surface area contributed by atoms with E-state index in [0.717, 1.165) is 31.1 Å². The van der Waals surface area contributed by atoms with Gasteiger partial charge in [0.05, 0.1) is 0 Å². The summed E-state index contributed by atoms with van der Waals surface area (Å²) < 4.78 is 0. The molecule has 0 aromatic carbocycles. The van der Waals surface area contributed by atoms with Crippen LogP contribution in [0.4, 0.5) is 11.6 Å². The van der Waals surface area contributed by atoms with Gasteiger partial charge < -0.3 is 15.5 Å². The number of rotatable bonds is 7. The summed E-state index contributed by atoms with van der Waals surface area (Å²) in [6, 6.07) is 2.39. The molecule has 1 unspecified atom stereocenters. The fourth-order valence-corrected chi connectivity index (χ4v) is 2.61. The summed E-state index contributed by atoms with van der Waals surface area (Å²) in [5.74, 6) is 1.80. The summed E-state index contributed by atoms with van der Waals surface area (Å²) >= 11 is 0. The second-order valence-electron chi connectivity index (χ2n) is 5.62. The minimum absolute atomic E-state index is 0.405. The van der Waals surface area contributed by atoms with Gasteiger partial charge >= 0.3 is 0 Å². The van der Waals surface area contributed by atoms with Crippen LogP contribution >= 0.6 is 0 Å². The molecule has 5 nitrogen and oxygen atoms in total. The molecule has 0 aliphatic carbocycles. The van der Waals surface area contributed by atoms with Gasteiger partial charge in [0.25, 0.3) is 0 Å². The Morgan fingerprint density at radius 3 is 2.70 bits per heavy atom. The summed E-state index contributed by atoms with van der Waals surface area (Å²) in [7, 11) is 0. The van der Waals surface area contributed by atoms with Gasteiger partial charge in [-0.1, -0.05) is 13.3 Å². The quantitative estimate of drug-likeness (QED) is 0.802.